The van der Waals surface area contributed by atoms with Gasteiger partial charge in [0.15, 0.2) is 0 Å². The van der Waals surface area contributed by atoms with Crippen LogP contribution in [0.5, 0.6) is 0 Å². The minimum absolute atomic E-state index is 0.271. The summed E-state index contributed by atoms with van der Waals surface area (Å²) in [5.41, 5.74) is 1.16. The van der Waals surface area contributed by atoms with Crippen LogP contribution in [0.2, 0.25) is 0 Å². The minimum Gasteiger partial charge on any atom is -0.368 e. The van der Waals surface area contributed by atoms with Gasteiger partial charge in [-0.1, -0.05) is 12.8 Å². The van der Waals surface area contributed by atoms with Crippen LogP contribution < -0.4 is 5.32 Å². The number of anilines is 1. The topological polar surface area (TPSA) is 56.8 Å². The molecule has 0 spiro atoms. The minimum atomic E-state index is 0.271. The van der Waals surface area contributed by atoms with Crippen LogP contribution in [0.25, 0.3) is 11.0 Å². The van der Waals surface area contributed by atoms with Crippen LogP contribution in [0.4, 0.5) is 5.82 Å². The molecule has 0 aliphatic heterocycles. The number of rotatable bonds is 4. The summed E-state index contributed by atoms with van der Waals surface area (Å²) in [5, 5.41) is 4.59. The summed E-state index contributed by atoms with van der Waals surface area (Å²) in [6, 6.07) is 2.02. The molecule has 2 heterocycles. The number of aromatic amines is 1. The van der Waals surface area contributed by atoms with Gasteiger partial charge in [-0.2, -0.15) is 0 Å². The lowest BCUT2D eigenvalue weighted by atomic mass is 9.96. The monoisotopic (exact) mass is 259 g/mol. The van der Waals surface area contributed by atoms with Crippen molar-refractivity contribution in [2.75, 3.05) is 26.0 Å². The first kappa shape index (κ1) is 12.4. The van der Waals surface area contributed by atoms with Crippen molar-refractivity contribution in [3.63, 3.8) is 0 Å². The van der Waals surface area contributed by atoms with Crippen LogP contribution >= 0.6 is 0 Å². The Morgan fingerprint density at radius 1 is 1.32 bits per heavy atom. The molecule has 2 N–H and O–H groups in total. The summed E-state index contributed by atoms with van der Waals surface area (Å²) >= 11 is 0. The van der Waals surface area contributed by atoms with E-state index in [9.17, 15) is 0 Å². The summed E-state index contributed by atoms with van der Waals surface area (Å²) in [4.78, 5) is 14.1. The highest BCUT2D eigenvalue weighted by Crippen LogP contribution is 2.34. The van der Waals surface area contributed by atoms with Crippen LogP contribution in [0, 0.1) is 0 Å². The molecule has 0 aromatic carbocycles. The van der Waals surface area contributed by atoms with E-state index in [1.54, 1.807) is 6.33 Å². The van der Waals surface area contributed by atoms with Crippen LogP contribution in [0.3, 0.4) is 0 Å². The number of hydrogen-bond acceptors (Lipinski definition) is 4. The van der Waals surface area contributed by atoms with Gasteiger partial charge in [-0.05, 0) is 33.0 Å². The smallest absolute Gasteiger partial charge is 0.142 e. The molecule has 19 heavy (non-hydrogen) atoms. The van der Waals surface area contributed by atoms with Gasteiger partial charge in [0.25, 0.3) is 0 Å². The zero-order chi connectivity index (χ0) is 13.3. The number of fused-ring (bicyclic) bond motifs is 1. The molecule has 2 aromatic heterocycles. The zero-order valence-corrected chi connectivity index (χ0v) is 11.6. The van der Waals surface area contributed by atoms with Gasteiger partial charge in [0, 0.05) is 18.3 Å². The second kappa shape index (κ2) is 4.81. The number of nitrogens with one attached hydrogen (secondary N) is 2. The molecule has 3 rings (SSSR count). The number of nitrogens with zero attached hydrogens (tertiary/aromatic N) is 3. The highest BCUT2D eigenvalue weighted by atomic mass is 15.2. The lowest BCUT2D eigenvalue weighted by Gasteiger charge is -2.36. The van der Waals surface area contributed by atoms with E-state index < -0.39 is 0 Å². The van der Waals surface area contributed by atoms with Gasteiger partial charge >= 0.3 is 0 Å². The highest BCUT2D eigenvalue weighted by Gasteiger charge is 2.35. The van der Waals surface area contributed by atoms with Crippen molar-refractivity contribution in [3.8, 4) is 0 Å². The summed E-state index contributed by atoms with van der Waals surface area (Å²) < 4.78 is 0. The number of aromatic nitrogens is 3. The van der Waals surface area contributed by atoms with Gasteiger partial charge in [0.1, 0.15) is 17.8 Å². The molecule has 0 bridgehead atoms. The first-order valence-electron chi connectivity index (χ1n) is 6.91. The molecular weight excluding hydrogens is 238 g/mol. The van der Waals surface area contributed by atoms with Crippen LogP contribution in [-0.4, -0.2) is 46.0 Å². The molecule has 0 radical (unpaired) electrons. The molecule has 5 heteroatoms. The molecule has 1 aliphatic carbocycles. The van der Waals surface area contributed by atoms with Gasteiger partial charge < -0.3 is 15.2 Å². The van der Waals surface area contributed by atoms with E-state index in [1.165, 1.54) is 25.7 Å². The standard InChI is InChI=1S/C14H21N5/c1-19(2)14(6-3-4-7-14)9-16-13-11-5-8-15-12(11)17-10-18-13/h5,8,10H,3-4,6-7,9H2,1-2H3,(H2,15,16,17,18). The first-order chi connectivity index (χ1) is 9.21. The summed E-state index contributed by atoms with van der Waals surface area (Å²) in [6.07, 6.45) is 8.68. The van der Waals surface area contributed by atoms with Crippen LogP contribution in [-0.2, 0) is 0 Å². The first-order valence-corrected chi connectivity index (χ1v) is 6.91. The number of likely N-dealkylation sites (N-methyl/N-ethyl adjacent to an activating group) is 1. The number of hydrogen-bond donors (Lipinski definition) is 2. The van der Waals surface area contributed by atoms with Crippen LogP contribution in [0.1, 0.15) is 25.7 Å². The Hall–Kier alpha value is -1.62. The highest BCUT2D eigenvalue weighted by molar-refractivity contribution is 5.86. The lowest BCUT2D eigenvalue weighted by Crippen LogP contribution is -2.47. The maximum atomic E-state index is 4.37. The molecule has 1 fully saturated rings. The second-order valence-electron chi connectivity index (χ2n) is 5.64. The molecular formula is C14H21N5. The molecule has 0 amide bonds. The fourth-order valence-corrected chi connectivity index (χ4v) is 3.08. The molecule has 1 saturated carbocycles. The molecule has 0 saturated heterocycles. The third-order valence-corrected chi connectivity index (χ3v) is 4.42. The van der Waals surface area contributed by atoms with E-state index in [2.05, 4.69) is 39.3 Å². The zero-order valence-electron chi connectivity index (χ0n) is 11.6. The summed E-state index contributed by atoms with van der Waals surface area (Å²) in [7, 11) is 4.36. The average Bonchev–Trinajstić information content (AvgIpc) is 3.06. The summed E-state index contributed by atoms with van der Waals surface area (Å²) in [6.45, 7) is 0.942. The Morgan fingerprint density at radius 3 is 2.84 bits per heavy atom. The molecule has 0 atom stereocenters. The van der Waals surface area contributed by atoms with E-state index in [1.807, 2.05) is 12.3 Å². The summed E-state index contributed by atoms with van der Waals surface area (Å²) in [5.74, 6) is 0.930. The van der Waals surface area contributed by atoms with Crippen molar-refractivity contribution in [2.45, 2.75) is 31.2 Å². The Morgan fingerprint density at radius 2 is 2.11 bits per heavy atom. The Kier molecular flexibility index (Phi) is 3.14. The Labute approximate surface area is 113 Å². The fraction of sp³-hybridized carbons (Fsp3) is 0.571. The van der Waals surface area contributed by atoms with Crippen molar-refractivity contribution in [1.82, 2.24) is 19.9 Å². The van der Waals surface area contributed by atoms with E-state index in [0.29, 0.717) is 0 Å². The maximum Gasteiger partial charge on any atom is 0.142 e. The molecule has 102 valence electrons. The van der Waals surface area contributed by atoms with Gasteiger partial charge in [-0.3, -0.25) is 0 Å². The van der Waals surface area contributed by atoms with Gasteiger partial charge in [-0.15, -0.1) is 0 Å². The second-order valence-corrected chi connectivity index (χ2v) is 5.64. The van der Waals surface area contributed by atoms with Crippen LogP contribution in [0.15, 0.2) is 18.6 Å². The molecule has 0 unspecified atom stereocenters. The van der Waals surface area contributed by atoms with Gasteiger partial charge in [0.05, 0.1) is 5.39 Å². The fourth-order valence-electron chi connectivity index (χ4n) is 3.08. The van der Waals surface area contributed by atoms with E-state index in [-0.39, 0.29) is 5.54 Å². The van der Waals surface area contributed by atoms with Gasteiger partial charge in [0.2, 0.25) is 0 Å². The molecule has 5 nitrogen and oxygen atoms in total. The van der Waals surface area contributed by atoms with Crippen molar-refractivity contribution in [3.05, 3.63) is 18.6 Å². The lowest BCUT2D eigenvalue weighted by molar-refractivity contribution is 0.172. The largest absolute Gasteiger partial charge is 0.368 e. The van der Waals surface area contributed by atoms with Crippen molar-refractivity contribution in [2.24, 2.45) is 0 Å². The van der Waals surface area contributed by atoms with E-state index >= 15 is 0 Å². The normalized spacial score (nSPS) is 18.3. The Balaban J connectivity index is 1.80. The van der Waals surface area contributed by atoms with E-state index in [0.717, 1.165) is 23.4 Å². The SMILES string of the molecule is CN(C)C1(CNc2ncnc3[nH]ccc23)CCCC1. The Bertz CT molecular complexity index is 554. The predicted molar refractivity (Wildman–Crippen MR) is 77.3 cm³/mol. The van der Waals surface area contributed by atoms with Gasteiger partial charge in [-0.25, -0.2) is 9.97 Å². The van der Waals surface area contributed by atoms with E-state index in [4.69, 9.17) is 0 Å². The maximum absolute atomic E-state index is 4.37. The third kappa shape index (κ3) is 2.18. The third-order valence-electron chi connectivity index (χ3n) is 4.42. The molecule has 2 aromatic rings. The number of H-pyrrole nitrogens is 1. The van der Waals surface area contributed by atoms with Crippen molar-refractivity contribution in [1.29, 1.82) is 0 Å². The van der Waals surface area contributed by atoms with Crippen molar-refractivity contribution < 1.29 is 0 Å². The predicted octanol–water partition coefficient (Wildman–Crippen LogP) is 2.24. The van der Waals surface area contributed by atoms with Crippen molar-refractivity contribution >= 4 is 16.9 Å². The quantitative estimate of drug-likeness (QED) is 0.884. The molecule has 1 aliphatic rings. The average molecular weight is 259 g/mol.